The van der Waals surface area contributed by atoms with E-state index in [-0.39, 0.29) is 35.8 Å². The van der Waals surface area contributed by atoms with Crippen molar-refractivity contribution >= 4 is 17.6 Å². The van der Waals surface area contributed by atoms with Crippen molar-refractivity contribution in [3.8, 4) is 0 Å². The van der Waals surface area contributed by atoms with E-state index < -0.39 is 5.82 Å². The number of aryl methyl sites for hydroxylation is 1. The van der Waals surface area contributed by atoms with Crippen LogP contribution in [-0.4, -0.2) is 35.0 Å². The maximum Gasteiger partial charge on any atom is 0.322 e. The van der Waals surface area contributed by atoms with Crippen LogP contribution in [0, 0.1) is 12.7 Å². The number of hydrogen-bond acceptors (Lipinski definition) is 2. The molecule has 0 spiro atoms. The topological polar surface area (TPSA) is 61.4 Å². The van der Waals surface area contributed by atoms with Gasteiger partial charge in [0.1, 0.15) is 5.82 Å². The number of hydrogen-bond donors (Lipinski definition) is 2. The van der Waals surface area contributed by atoms with Crippen molar-refractivity contribution in [2.24, 2.45) is 0 Å². The van der Waals surface area contributed by atoms with Gasteiger partial charge in [-0.1, -0.05) is 29.8 Å². The highest BCUT2D eigenvalue weighted by atomic mass is 19.1. The molecule has 2 aromatic rings. The largest absolute Gasteiger partial charge is 0.349 e. The molecular weight excluding hydrogens is 369 g/mol. The monoisotopic (exact) mass is 395 g/mol. The molecule has 0 saturated carbocycles. The van der Waals surface area contributed by atoms with E-state index in [0.717, 1.165) is 37.7 Å². The minimum atomic E-state index is -0.439. The van der Waals surface area contributed by atoms with Crippen molar-refractivity contribution in [2.75, 3.05) is 5.32 Å². The van der Waals surface area contributed by atoms with Gasteiger partial charge in [-0.15, -0.1) is 0 Å². The van der Waals surface area contributed by atoms with Crippen molar-refractivity contribution in [3.63, 3.8) is 0 Å². The normalized spacial score (nSPS) is 23.4. The van der Waals surface area contributed by atoms with E-state index in [1.165, 1.54) is 6.07 Å². The first-order valence-corrected chi connectivity index (χ1v) is 10.2. The van der Waals surface area contributed by atoms with Crippen molar-refractivity contribution < 1.29 is 14.0 Å². The van der Waals surface area contributed by atoms with Crippen LogP contribution in [0.5, 0.6) is 0 Å². The number of carbonyl (C=O) groups excluding carboxylic acids is 2. The number of halogens is 1. The Bertz CT molecular complexity index is 903. The Kier molecular flexibility index (Phi) is 5.51. The molecule has 2 atom stereocenters. The Morgan fingerprint density at radius 2 is 1.76 bits per heavy atom. The lowest BCUT2D eigenvalue weighted by Gasteiger charge is -2.48. The van der Waals surface area contributed by atoms with E-state index in [2.05, 4.69) is 10.6 Å². The average Bonchev–Trinajstić information content (AvgIpc) is 2.69. The number of urea groups is 1. The Labute approximate surface area is 170 Å². The Hall–Kier alpha value is -2.89. The smallest absolute Gasteiger partial charge is 0.322 e. The van der Waals surface area contributed by atoms with Crippen LogP contribution in [0.4, 0.5) is 14.9 Å². The highest BCUT2D eigenvalue weighted by Gasteiger charge is 2.41. The van der Waals surface area contributed by atoms with E-state index in [9.17, 15) is 14.0 Å². The summed E-state index contributed by atoms with van der Waals surface area (Å²) < 4.78 is 13.9. The maximum atomic E-state index is 13.9. The number of rotatable bonds is 3. The molecule has 2 aromatic carbocycles. The summed E-state index contributed by atoms with van der Waals surface area (Å²) in [5.41, 5.74) is 1.91. The molecule has 0 aromatic heterocycles. The first-order chi connectivity index (χ1) is 14.0. The molecule has 0 unspecified atom stereocenters. The lowest BCUT2D eigenvalue weighted by atomic mass is 9.82. The van der Waals surface area contributed by atoms with Crippen LogP contribution in [0.15, 0.2) is 48.5 Å². The maximum absolute atomic E-state index is 13.9. The number of nitrogens with zero attached hydrogens (tertiary/aromatic N) is 1. The minimum Gasteiger partial charge on any atom is -0.349 e. The van der Waals surface area contributed by atoms with Gasteiger partial charge in [-0.05, 0) is 63.3 Å². The van der Waals surface area contributed by atoms with Crippen molar-refractivity contribution in [2.45, 2.75) is 57.2 Å². The van der Waals surface area contributed by atoms with E-state index in [0.29, 0.717) is 5.56 Å². The second kappa shape index (κ2) is 8.23. The molecule has 2 aliphatic heterocycles. The van der Waals surface area contributed by atoms with Crippen molar-refractivity contribution in [1.29, 1.82) is 0 Å². The fourth-order valence-corrected chi connectivity index (χ4v) is 4.63. The lowest BCUT2D eigenvalue weighted by Crippen LogP contribution is -2.59. The van der Waals surface area contributed by atoms with Gasteiger partial charge in [-0.2, -0.15) is 0 Å². The summed E-state index contributed by atoms with van der Waals surface area (Å²) in [6.07, 6.45) is 4.31. The Morgan fingerprint density at radius 1 is 1.03 bits per heavy atom. The molecule has 2 fully saturated rings. The number of anilines is 1. The average molecular weight is 395 g/mol. The van der Waals surface area contributed by atoms with Gasteiger partial charge in [0.2, 0.25) is 0 Å². The molecular formula is C23H26FN3O2. The fourth-order valence-electron chi connectivity index (χ4n) is 4.63. The Morgan fingerprint density at radius 3 is 2.45 bits per heavy atom. The van der Waals surface area contributed by atoms with E-state index in [4.69, 9.17) is 0 Å². The highest BCUT2D eigenvalue weighted by molar-refractivity contribution is 5.94. The molecule has 152 valence electrons. The first-order valence-electron chi connectivity index (χ1n) is 10.2. The minimum absolute atomic E-state index is 0.0378. The number of nitrogens with one attached hydrogen (secondary N) is 2. The molecule has 2 N–H and O–H groups in total. The van der Waals surface area contributed by atoms with Gasteiger partial charge < -0.3 is 15.5 Å². The third-order valence-electron chi connectivity index (χ3n) is 5.94. The van der Waals surface area contributed by atoms with E-state index >= 15 is 0 Å². The molecule has 2 heterocycles. The zero-order chi connectivity index (χ0) is 20.4. The predicted molar refractivity (Wildman–Crippen MR) is 110 cm³/mol. The van der Waals surface area contributed by atoms with E-state index in [1.54, 1.807) is 18.2 Å². The van der Waals surface area contributed by atoms with Crippen molar-refractivity contribution in [3.05, 3.63) is 65.5 Å². The summed E-state index contributed by atoms with van der Waals surface area (Å²) in [5.74, 6) is -0.507. The second-order valence-electron chi connectivity index (χ2n) is 8.07. The summed E-state index contributed by atoms with van der Waals surface area (Å²) in [6.45, 7) is 1.97. The molecule has 29 heavy (non-hydrogen) atoms. The van der Waals surface area contributed by atoms with Gasteiger partial charge in [-0.25, -0.2) is 9.18 Å². The number of piperidine rings is 2. The third kappa shape index (κ3) is 4.26. The Balaban J connectivity index is 1.43. The number of para-hydroxylation sites is 1. The number of fused-ring (bicyclic) bond motifs is 2. The molecule has 0 aliphatic carbocycles. The number of benzene rings is 2. The number of carbonyl (C=O) groups is 2. The first kappa shape index (κ1) is 19.4. The zero-order valence-corrected chi connectivity index (χ0v) is 16.5. The van der Waals surface area contributed by atoms with Gasteiger partial charge in [-0.3, -0.25) is 4.79 Å². The third-order valence-corrected chi connectivity index (χ3v) is 5.94. The highest BCUT2D eigenvalue weighted by Crippen LogP contribution is 2.35. The molecule has 0 radical (unpaired) electrons. The predicted octanol–water partition coefficient (Wildman–Crippen LogP) is 4.48. The van der Waals surface area contributed by atoms with Crippen LogP contribution < -0.4 is 10.6 Å². The quantitative estimate of drug-likeness (QED) is 0.805. The van der Waals surface area contributed by atoms with Gasteiger partial charge in [0.15, 0.2) is 0 Å². The second-order valence-corrected chi connectivity index (χ2v) is 8.07. The number of amides is 3. The molecule has 3 amide bonds. The summed E-state index contributed by atoms with van der Waals surface area (Å²) in [4.78, 5) is 27.4. The molecule has 6 heteroatoms. The van der Waals surface area contributed by atoms with Crippen LogP contribution in [0.2, 0.25) is 0 Å². The van der Waals surface area contributed by atoms with Gasteiger partial charge in [0.05, 0.1) is 5.69 Å². The molecule has 2 bridgehead atoms. The van der Waals surface area contributed by atoms with Gasteiger partial charge in [0, 0.05) is 23.7 Å². The summed E-state index contributed by atoms with van der Waals surface area (Å²) in [6, 6.07) is 13.6. The SMILES string of the molecule is Cc1cccc(C(=O)NC2C[C@@H]3CCC[C@@H](C2)N3C(=O)Nc2ccccc2F)c1. The molecule has 5 nitrogen and oxygen atoms in total. The standard InChI is InChI=1S/C23H26FN3O2/c1-15-6-4-7-16(12-15)22(28)25-17-13-18-8-5-9-19(14-17)27(18)23(29)26-21-11-3-2-10-20(21)24/h2-4,6-7,10-12,17-19H,5,8-9,13-14H2,1H3,(H,25,28)(H,26,29)/t18-,19-/m0/s1. The molecule has 4 rings (SSSR count). The van der Waals surface area contributed by atoms with Gasteiger partial charge >= 0.3 is 6.03 Å². The lowest BCUT2D eigenvalue weighted by molar-refractivity contribution is 0.0576. The molecule has 2 aliphatic rings. The van der Waals surface area contributed by atoms with Gasteiger partial charge in [0.25, 0.3) is 5.91 Å². The fraction of sp³-hybridized carbons (Fsp3) is 0.391. The summed E-state index contributed by atoms with van der Waals surface area (Å²) in [7, 11) is 0. The van der Waals surface area contributed by atoms with Crippen LogP contribution >= 0.6 is 0 Å². The van der Waals surface area contributed by atoms with Crippen LogP contribution in [0.25, 0.3) is 0 Å². The van der Waals surface area contributed by atoms with Crippen LogP contribution in [0.3, 0.4) is 0 Å². The summed E-state index contributed by atoms with van der Waals surface area (Å²) in [5, 5.41) is 5.87. The van der Waals surface area contributed by atoms with E-state index in [1.807, 2.05) is 36.1 Å². The summed E-state index contributed by atoms with van der Waals surface area (Å²) >= 11 is 0. The van der Waals surface area contributed by atoms with Crippen LogP contribution in [0.1, 0.15) is 48.0 Å². The van der Waals surface area contributed by atoms with Crippen LogP contribution in [-0.2, 0) is 0 Å². The van der Waals surface area contributed by atoms with Crippen molar-refractivity contribution in [1.82, 2.24) is 10.2 Å². The zero-order valence-electron chi connectivity index (χ0n) is 16.5. The molecule has 2 saturated heterocycles.